The molecule has 1 aromatic carbocycles. The summed E-state index contributed by atoms with van der Waals surface area (Å²) in [6.45, 7) is 2.77. The van der Waals surface area contributed by atoms with Crippen LogP contribution in [0.4, 0.5) is 0 Å². The maximum absolute atomic E-state index is 12.1. The standard InChI is InChI=1S/C15H16ClNO3/c1-2-3-4-7-17-9-12(15(19)20)14(18)11-6-5-10(16)8-13(11)17/h5-6,8-9H,2-4,7H2,1H3,(H,19,20). The Labute approximate surface area is 121 Å². The Morgan fingerprint density at radius 3 is 2.75 bits per heavy atom. The number of aromatic nitrogens is 1. The molecule has 20 heavy (non-hydrogen) atoms. The molecule has 0 spiro atoms. The van der Waals surface area contributed by atoms with Gasteiger partial charge in [-0.2, -0.15) is 0 Å². The van der Waals surface area contributed by atoms with Crippen molar-refractivity contribution in [1.29, 1.82) is 0 Å². The first-order valence-electron chi connectivity index (χ1n) is 6.60. The number of carbonyl (C=O) groups is 1. The topological polar surface area (TPSA) is 59.3 Å². The highest BCUT2D eigenvalue weighted by Crippen LogP contribution is 2.18. The fraction of sp³-hybridized carbons (Fsp3) is 0.333. The van der Waals surface area contributed by atoms with E-state index >= 15 is 0 Å². The number of carboxylic acid groups (broad SMARTS) is 1. The van der Waals surface area contributed by atoms with E-state index in [9.17, 15) is 9.59 Å². The Hall–Kier alpha value is -1.81. The summed E-state index contributed by atoms with van der Waals surface area (Å²) in [5.41, 5.74) is 0.0239. The third-order valence-electron chi connectivity index (χ3n) is 3.28. The van der Waals surface area contributed by atoms with Gasteiger partial charge in [0.2, 0.25) is 5.43 Å². The van der Waals surface area contributed by atoms with Gasteiger partial charge >= 0.3 is 5.97 Å². The Morgan fingerprint density at radius 1 is 1.35 bits per heavy atom. The lowest BCUT2D eigenvalue weighted by Crippen LogP contribution is -2.19. The van der Waals surface area contributed by atoms with Crippen molar-refractivity contribution in [3.63, 3.8) is 0 Å². The summed E-state index contributed by atoms with van der Waals surface area (Å²) in [5, 5.41) is 10.1. The average Bonchev–Trinajstić information content (AvgIpc) is 2.41. The van der Waals surface area contributed by atoms with Crippen LogP contribution >= 0.6 is 11.6 Å². The second-order valence-electron chi connectivity index (χ2n) is 4.74. The third-order valence-corrected chi connectivity index (χ3v) is 3.51. The van der Waals surface area contributed by atoms with E-state index in [-0.39, 0.29) is 5.56 Å². The molecule has 1 aromatic heterocycles. The van der Waals surface area contributed by atoms with Crippen LogP contribution in [-0.2, 0) is 6.54 Å². The summed E-state index contributed by atoms with van der Waals surface area (Å²) < 4.78 is 1.81. The number of hydrogen-bond donors (Lipinski definition) is 1. The number of hydrogen-bond acceptors (Lipinski definition) is 2. The minimum atomic E-state index is -1.20. The number of rotatable bonds is 5. The van der Waals surface area contributed by atoms with Gasteiger partial charge in [-0.3, -0.25) is 4.79 Å². The minimum Gasteiger partial charge on any atom is -0.477 e. The zero-order valence-electron chi connectivity index (χ0n) is 11.2. The Balaban J connectivity index is 2.63. The van der Waals surface area contributed by atoms with Crippen LogP contribution in [0.1, 0.15) is 36.5 Å². The molecule has 1 heterocycles. The molecular formula is C15H16ClNO3. The van der Waals surface area contributed by atoms with E-state index in [1.54, 1.807) is 18.2 Å². The molecule has 2 aromatic rings. The molecule has 4 nitrogen and oxygen atoms in total. The van der Waals surface area contributed by atoms with E-state index < -0.39 is 11.4 Å². The fourth-order valence-electron chi connectivity index (χ4n) is 2.23. The molecular weight excluding hydrogens is 278 g/mol. The number of unbranched alkanes of at least 4 members (excludes halogenated alkanes) is 2. The van der Waals surface area contributed by atoms with Crippen molar-refractivity contribution in [1.82, 2.24) is 4.57 Å². The smallest absolute Gasteiger partial charge is 0.341 e. The van der Waals surface area contributed by atoms with Gasteiger partial charge in [-0.15, -0.1) is 0 Å². The quantitative estimate of drug-likeness (QED) is 0.858. The first-order chi connectivity index (χ1) is 9.54. The second kappa shape index (κ2) is 6.09. The van der Waals surface area contributed by atoms with Gasteiger partial charge < -0.3 is 9.67 Å². The first-order valence-corrected chi connectivity index (χ1v) is 6.98. The van der Waals surface area contributed by atoms with E-state index in [2.05, 4.69) is 6.92 Å². The van der Waals surface area contributed by atoms with Gasteiger partial charge in [0.25, 0.3) is 0 Å². The van der Waals surface area contributed by atoms with Gasteiger partial charge in [-0.1, -0.05) is 31.4 Å². The fourth-order valence-corrected chi connectivity index (χ4v) is 2.40. The molecule has 0 aliphatic heterocycles. The van der Waals surface area contributed by atoms with E-state index in [1.165, 1.54) is 6.20 Å². The SMILES string of the molecule is CCCCCn1cc(C(=O)O)c(=O)c2ccc(Cl)cc21. The number of aromatic carboxylic acids is 1. The van der Waals surface area contributed by atoms with Gasteiger partial charge in [0, 0.05) is 23.2 Å². The summed E-state index contributed by atoms with van der Waals surface area (Å²) in [5.74, 6) is -1.20. The molecule has 0 amide bonds. The van der Waals surface area contributed by atoms with Crippen molar-refractivity contribution in [2.75, 3.05) is 0 Å². The highest BCUT2D eigenvalue weighted by molar-refractivity contribution is 6.31. The third kappa shape index (κ3) is 2.85. The predicted octanol–water partition coefficient (Wildman–Crippen LogP) is 3.54. The van der Waals surface area contributed by atoms with Gasteiger partial charge in [0.15, 0.2) is 0 Å². The number of benzene rings is 1. The van der Waals surface area contributed by atoms with Crippen molar-refractivity contribution in [2.24, 2.45) is 0 Å². The Kier molecular flexibility index (Phi) is 4.45. The lowest BCUT2D eigenvalue weighted by molar-refractivity contribution is 0.0695. The number of carboxylic acids is 1. The predicted molar refractivity (Wildman–Crippen MR) is 79.7 cm³/mol. The highest BCUT2D eigenvalue weighted by atomic mass is 35.5. The van der Waals surface area contributed by atoms with Gasteiger partial charge in [0.1, 0.15) is 5.56 Å². The molecule has 0 unspecified atom stereocenters. The van der Waals surface area contributed by atoms with Crippen molar-refractivity contribution in [2.45, 2.75) is 32.7 Å². The monoisotopic (exact) mass is 293 g/mol. The van der Waals surface area contributed by atoms with Crippen LogP contribution in [0.15, 0.2) is 29.2 Å². The minimum absolute atomic E-state index is 0.198. The summed E-state index contributed by atoms with van der Waals surface area (Å²) in [4.78, 5) is 23.3. The van der Waals surface area contributed by atoms with Gasteiger partial charge in [-0.05, 0) is 24.6 Å². The summed E-state index contributed by atoms with van der Waals surface area (Å²) >= 11 is 5.97. The van der Waals surface area contributed by atoms with Crippen molar-refractivity contribution in [3.8, 4) is 0 Å². The molecule has 0 saturated carbocycles. The molecule has 0 saturated heterocycles. The first kappa shape index (κ1) is 14.6. The molecule has 2 rings (SSSR count). The molecule has 0 aliphatic rings. The number of aryl methyl sites for hydroxylation is 1. The van der Waals surface area contributed by atoms with Crippen molar-refractivity contribution in [3.05, 3.63) is 45.2 Å². The van der Waals surface area contributed by atoms with E-state index in [1.807, 2.05) is 4.57 Å². The molecule has 0 aliphatic carbocycles. The maximum atomic E-state index is 12.1. The van der Waals surface area contributed by atoms with Crippen LogP contribution in [0.25, 0.3) is 10.9 Å². The van der Waals surface area contributed by atoms with Crippen LogP contribution in [-0.4, -0.2) is 15.6 Å². The number of fused-ring (bicyclic) bond motifs is 1. The lowest BCUT2D eigenvalue weighted by atomic mass is 10.1. The van der Waals surface area contributed by atoms with E-state index in [0.717, 1.165) is 19.3 Å². The lowest BCUT2D eigenvalue weighted by Gasteiger charge is -2.12. The van der Waals surface area contributed by atoms with Crippen molar-refractivity contribution >= 4 is 28.5 Å². The van der Waals surface area contributed by atoms with E-state index in [4.69, 9.17) is 16.7 Å². The van der Waals surface area contributed by atoms with E-state index in [0.29, 0.717) is 22.5 Å². The summed E-state index contributed by atoms with van der Waals surface area (Å²) in [6, 6.07) is 4.89. The summed E-state index contributed by atoms with van der Waals surface area (Å²) in [6.07, 6.45) is 4.47. The average molecular weight is 294 g/mol. The van der Waals surface area contributed by atoms with Crippen LogP contribution in [0.5, 0.6) is 0 Å². The largest absolute Gasteiger partial charge is 0.477 e. The molecule has 0 fully saturated rings. The molecule has 0 bridgehead atoms. The van der Waals surface area contributed by atoms with Crippen molar-refractivity contribution < 1.29 is 9.90 Å². The molecule has 0 atom stereocenters. The normalized spacial score (nSPS) is 10.9. The molecule has 106 valence electrons. The second-order valence-corrected chi connectivity index (χ2v) is 5.18. The van der Waals surface area contributed by atoms with Crippen LogP contribution < -0.4 is 5.43 Å². The summed E-state index contributed by atoms with van der Waals surface area (Å²) in [7, 11) is 0. The van der Waals surface area contributed by atoms with Gasteiger partial charge in [-0.25, -0.2) is 4.79 Å². The zero-order chi connectivity index (χ0) is 14.7. The van der Waals surface area contributed by atoms with Gasteiger partial charge in [0.05, 0.1) is 5.52 Å². The zero-order valence-corrected chi connectivity index (χ0v) is 12.0. The van der Waals surface area contributed by atoms with Crippen LogP contribution in [0.3, 0.4) is 0 Å². The maximum Gasteiger partial charge on any atom is 0.341 e. The van der Waals surface area contributed by atoms with Crippen LogP contribution in [0, 0.1) is 0 Å². The van der Waals surface area contributed by atoms with Crippen LogP contribution in [0.2, 0.25) is 5.02 Å². The highest BCUT2D eigenvalue weighted by Gasteiger charge is 2.14. The Bertz CT molecular complexity index is 706. The molecule has 1 N–H and O–H groups in total. The number of nitrogens with zero attached hydrogens (tertiary/aromatic N) is 1. The number of halogens is 1. The Morgan fingerprint density at radius 2 is 2.10 bits per heavy atom. The molecule has 0 radical (unpaired) electrons. The number of pyridine rings is 1. The molecule has 5 heteroatoms.